The van der Waals surface area contributed by atoms with Crippen molar-refractivity contribution in [2.45, 2.75) is 27.3 Å². The fourth-order valence-electron chi connectivity index (χ4n) is 4.00. The molecule has 0 atom stereocenters. The molecule has 5 nitrogen and oxygen atoms in total. The average molecular weight is 399 g/mol. The van der Waals surface area contributed by atoms with Crippen LogP contribution < -0.4 is 10.1 Å². The molecule has 0 saturated carbocycles. The highest BCUT2D eigenvalue weighted by Gasteiger charge is 2.16. The summed E-state index contributed by atoms with van der Waals surface area (Å²) in [5.74, 6) is 1.49. The van der Waals surface area contributed by atoms with E-state index in [1.165, 1.54) is 0 Å². The molecule has 0 spiro atoms. The first-order chi connectivity index (χ1) is 14.5. The van der Waals surface area contributed by atoms with Gasteiger partial charge in [0.25, 0.3) is 5.91 Å². The average Bonchev–Trinajstić information content (AvgIpc) is 3.10. The Hall–Kier alpha value is -3.60. The summed E-state index contributed by atoms with van der Waals surface area (Å²) >= 11 is 0. The van der Waals surface area contributed by atoms with Crippen molar-refractivity contribution in [3.63, 3.8) is 0 Å². The Labute approximate surface area is 176 Å². The summed E-state index contributed by atoms with van der Waals surface area (Å²) in [6.07, 6.45) is 0. The summed E-state index contributed by atoms with van der Waals surface area (Å²) in [6.45, 7) is 6.31. The van der Waals surface area contributed by atoms with E-state index < -0.39 is 0 Å². The maximum atomic E-state index is 13.0. The van der Waals surface area contributed by atoms with Crippen molar-refractivity contribution >= 4 is 16.9 Å². The molecule has 5 heteroatoms. The third kappa shape index (κ3) is 3.66. The van der Waals surface area contributed by atoms with Crippen LogP contribution in [0.5, 0.6) is 5.75 Å². The number of rotatable bonds is 5. The molecule has 1 heterocycles. The van der Waals surface area contributed by atoms with E-state index >= 15 is 0 Å². The van der Waals surface area contributed by atoms with Crippen LogP contribution in [0.4, 0.5) is 0 Å². The van der Waals surface area contributed by atoms with Crippen molar-refractivity contribution in [3.8, 4) is 11.4 Å². The molecule has 0 radical (unpaired) electrons. The Kier molecular flexibility index (Phi) is 5.27. The van der Waals surface area contributed by atoms with Crippen LogP contribution in [0.1, 0.15) is 32.9 Å². The SMILES string of the molecule is COc1ccc(-n2c(CNC(=O)c3c(C)cc(C)cc3C)nc3ccccc32)cc1. The van der Waals surface area contributed by atoms with Gasteiger partial charge in [0.15, 0.2) is 0 Å². The molecule has 3 aromatic carbocycles. The third-order valence-corrected chi connectivity index (χ3v) is 5.27. The van der Waals surface area contributed by atoms with Gasteiger partial charge in [-0.25, -0.2) is 4.98 Å². The van der Waals surface area contributed by atoms with E-state index in [2.05, 4.69) is 9.88 Å². The summed E-state index contributed by atoms with van der Waals surface area (Å²) in [7, 11) is 1.65. The Morgan fingerprint density at radius 1 is 1.00 bits per heavy atom. The second-order valence-electron chi connectivity index (χ2n) is 7.51. The van der Waals surface area contributed by atoms with Gasteiger partial charge in [0.1, 0.15) is 11.6 Å². The number of carbonyl (C=O) groups is 1. The molecule has 1 N–H and O–H groups in total. The number of amides is 1. The van der Waals surface area contributed by atoms with Crippen LogP contribution in [0.15, 0.2) is 60.7 Å². The fraction of sp³-hybridized carbons (Fsp3) is 0.200. The van der Waals surface area contributed by atoms with Crippen molar-refractivity contribution in [2.24, 2.45) is 0 Å². The predicted octanol–water partition coefficient (Wildman–Crippen LogP) is 4.89. The Bertz CT molecular complexity index is 1200. The first-order valence-corrected chi connectivity index (χ1v) is 9.95. The predicted molar refractivity (Wildman–Crippen MR) is 119 cm³/mol. The zero-order valence-electron chi connectivity index (χ0n) is 17.7. The van der Waals surface area contributed by atoms with Gasteiger partial charge in [-0.15, -0.1) is 0 Å². The molecule has 0 bridgehead atoms. The van der Waals surface area contributed by atoms with Crippen molar-refractivity contribution in [1.29, 1.82) is 0 Å². The molecule has 4 rings (SSSR count). The zero-order chi connectivity index (χ0) is 21.3. The molecule has 152 valence electrons. The van der Waals surface area contributed by atoms with Crippen molar-refractivity contribution < 1.29 is 9.53 Å². The number of methoxy groups -OCH3 is 1. The summed E-state index contributed by atoms with van der Waals surface area (Å²) in [6, 6.07) is 19.9. The Morgan fingerprint density at radius 2 is 1.67 bits per heavy atom. The maximum absolute atomic E-state index is 13.0. The van der Waals surface area contributed by atoms with E-state index in [-0.39, 0.29) is 5.91 Å². The lowest BCUT2D eigenvalue weighted by Crippen LogP contribution is -2.26. The first kappa shape index (κ1) is 19.7. The summed E-state index contributed by atoms with van der Waals surface area (Å²) in [4.78, 5) is 17.7. The van der Waals surface area contributed by atoms with E-state index in [1.54, 1.807) is 7.11 Å². The molecule has 30 heavy (non-hydrogen) atoms. The molecule has 0 unspecified atom stereocenters. The van der Waals surface area contributed by atoms with E-state index in [4.69, 9.17) is 9.72 Å². The topological polar surface area (TPSA) is 56.1 Å². The molecule has 0 aliphatic heterocycles. The van der Waals surface area contributed by atoms with Crippen LogP contribution in [0.25, 0.3) is 16.7 Å². The molecule has 0 fully saturated rings. The lowest BCUT2D eigenvalue weighted by molar-refractivity contribution is 0.0948. The van der Waals surface area contributed by atoms with Gasteiger partial charge in [0, 0.05) is 11.3 Å². The number of benzene rings is 3. The lowest BCUT2D eigenvalue weighted by Gasteiger charge is -2.13. The smallest absolute Gasteiger partial charge is 0.252 e. The molecule has 1 amide bonds. The van der Waals surface area contributed by atoms with E-state index in [0.717, 1.165) is 50.5 Å². The van der Waals surface area contributed by atoms with Gasteiger partial charge < -0.3 is 10.1 Å². The van der Waals surface area contributed by atoms with Crippen molar-refractivity contribution in [1.82, 2.24) is 14.9 Å². The van der Waals surface area contributed by atoms with E-state index in [1.807, 2.05) is 81.4 Å². The van der Waals surface area contributed by atoms with Gasteiger partial charge in [-0.05, 0) is 68.3 Å². The molecular formula is C25H25N3O2. The highest BCUT2D eigenvalue weighted by Crippen LogP contribution is 2.24. The van der Waals surface area contributed by atoms with Crippen LogP contribution in [0.3, 0.4) is 0 Å². The lowest BCUT2D eigenvalue weighted by atomic mass is 9.99. The number of carbonyl (C=O) groups excluding carboxylic acids is 1. The largest absolute Gasteiger partial charge is 0.497 e. The molecular weight excluding hydrogens is 374 g/mol. The zero-order valence-corrected chi connectivity index (χ0v) is 17.7. The summed E-state index contributed by atoms with van der Waals surface area (Å²) in [5, 5.41) is 3.06. The van der Waals surface area contributed by atoms with Gasteiger partial charge in [-0.1, -0.05) is 29.8 Å². The highest BCUT2D eigenvalue weighted by atomic mass is 16.5. The van der Waals surface area contributed by atoms with Crippen LogP contribution in [-0.2, 0) is 6.54 Å². The molecule has 4 aromatic rings. The summed E-state index contributed by atoms with van der Waals surface area (Å²) in [5.41, 5.74) is 6.70. The minimum atomic E-state index is -0.0849. The number of aryl methyl sites for hydroxylation is 3. The molecule has 0 aliphatic rings. The summed E-state index contributed by atoms with van der Waals surface area (Å²) < 4.78 is 7.35. The first-order valence-electron chi connectivity index (χ1n) is 9.95. The van der Waals surface area contributed by atoms with Gasteiger partial charge >= 0.3 is 0 Å². The van der Waals surface area contributed by atoms with Gasteiger partial charge in [0.05, 0.1) is 24.7 Å². The highest BCUT2D eigenvalue weighted by molar-refractivity contribution is 5.97. The second-order valence-corrected chi connectivity index (χ2v) is 7.51. The number of para-hydroxylation sites is 2. The number of imidazole rings is 1. The quantitative estimate of drug-likeness (QED) is 0.520. The molecule has 0 saturated heterocycles. The maximum Gasteiger partial charge on any atom is 0.252 e. The number of aromatic nitrogens is 2. The number of fused-ring (bicyclic) bond motifs is 1. The number of hydrogen-bond acceptors (Lipinski definition) is 3. The van der Waals surface area contributed by atoms with Crippen LogP contribution in [0, 0.1) is 20.8 Å². The number of ether oxygens (including phenoxy) is 1. The van der Waals surface area contributed by atoms with Crippen molar-refractivity contribution in [2.75, 3.05) is 7.11 Å². The number of hydrogen-bond donors (Lipinski definition) is 1. The monoisotopic (exact) mass is 399 g/mol. The van der Waals surface area contributed by atoms with Crippen molar-refractivity contribution in [3.05, 3.63) is 88.7 Å². The Balaban J connectivity index is 1.68. The van der Waals surface area contributed by atoms with Gasteiger partial charge in [-0.3, -0.25) is 9.36 Å². The third-order valence-electron chi connectivity index (χ3n) is 5.27. The molecule has 0 aliphatic carbocycles. The van der Waals surface area contributed by atoms with E-state index in [9.17, 15) is 4.79 Å². The van der Waals surface area contributed by atoms with Crippen LogP contribution >= 0.6 is 0 Å². The normalized spacial score (nSPS) is 10.9. The minimum Gasteiger partial charge on any atom is -0.497 e. The minimum absolute atomic E-state index is 0.0849. The molecule has 1 aromatic heterocycles. The fourth-order valence-corrected chi connectivity index (χ4v) is 4.00. The number of nitrogens with zero attached hydrogens (tertiary/aromatic N) is 2. The Morgan fingerprint density at radius 3 is 2.33 bits per heavy atom. The van der Waals surface area contributed by atoms with Gasteiger partial charge in [0.2, 0.25) is 0 Å². The van der Waals surface area contributed by atoms with E-state index in [0.29, 0.717) is 6.54 Å². The van der Waals surface area contributed by atoms with Crippen LogP contribution in [0.2, 0.25) is 0 Å². The second kappa shape index (κ2) is 8.03. The number of nitrogens with one attached hydrogen (secondary N) is 1. The van der Waals surface area contributed by atoms with Crippen LogP contribution in [-0.4, -0.2) is 22.6 Å². The van der Waals surface area contributed by atoms with Gasteiger partial charge in [-0.2, -0.15) is 0 Å². The standard InChI is InChI=1S/C25H25N3O2/c1-16-13-17(2)24(18(3)14-16)25(29)26-15-23-27-21-7-5-6-8-22(21)28(23)19-9-11-20(30-4)12-10-19/h5-14H,15H2,1-4H3,(H,26,29).